The summed E-state index contributed by atoms with van der Waals surface area (Å²) in [6.07, 6.45) is 4.04. The van der Waals surface area contributed by atoms with E-state index in [-0.39, 0.29) is 18.2 Å². The zero-order valence-electron chi connectivity index (χ0n) is 12.7. The summed E-state index contributed by atoms with van der Waals surface area (Å²) in [4.78, 5) is 17.9. The quantitative estimate of drug-likeness (QED) is 0.920. The van der Waals surface area contributed by atoms with Gasteiger partial charge in [-0.05, 0) is 37.1 Å². The van der Waals surface area contributed by atoms with Gasteiger partial charge < -0.3 is 10.1 Å². The molecule has 0 saturated heterocycles. The highest BCUT2D eigenvalue weighted by atomic mass is 16.5. The van der Waals surface area contributed by atoms with E-state index >= 15 is 0 Å². The highest BCUT2D eigenvalue weighted by Gasteiger charge is 2.34. The van der Waals surface area contributed by atoms with Crippen molar-refractivity contribution in [2.24, 2.45) is 0 Å². The van der Waals surface area contributed by atoms with Crippen molar-refractivity contribution in [1.29, 1.82) is 0 Å². The van der Waals surface area contributed by atoms with Gasteiger partial charge in [0.15, 0.2) is 0 Å². The summed E-state index contributed by atoms with van der Waals surface area (Å²) < 4.78 is 4.93. The van der Waals surface area contributed by atoms with Crippen LogP contribution in [0, 0.1) is 0 Å². The first-order valence-electron chi connectivity index (χ1n) is 7.33. The number of methoxy groups -OCH3 is 1. The van der Waals surface area contributed by atoms with Crippen molar-refractivity contribution in [2.75, 3.05) is 17.3 Å². The third-order valence-corrected chi connectivity index (χ3v) is 3.96. The summed E-state index contributed by atoms with van der Waals surface area (Å²) in [7, 11) is 1.41. The fraction of sp³-hybridized carbons (Fsp3) is 0.294. The normalized spacial score (nSPS) is 20.2. The van der Waals surface area contributed by atoms with Gasteiger partial charge in [0, 0.05) is 18.4 Å². The van der Waals surface area contributed by atoms with Gasteiger partial charge in [0.25, 0.3) is 0 Å². The van der Waals surface area contributed by atoms with E-state index in [0.717, 1.165) is 23.4 Å². The van der Waals surface area contributed by atoms with Gasteiger partial charge in [0.05, 0.1) is 24.5 Å². The van der Waals surface area contributed by atoms with Crippen LogP contribution in [0.3, 0.4) is 0 Å². The second kappa shape index (κ2) is 6.05. The maximum absolute atomic E-state index is 12.1. The number of anilines is 2. The number of nitrogens with one attached hydrogen (secondary N) is 1. The van der Waals surface area contributed by atoms with Gasteiger partial charge in [-0.25, -0.2) is 4.79 Å². The van der Waals surface area contributed by atoms with Gasteiger partial charge in [-0.15, -0.1) is 0 Å². The van der Waals surface area contributed by atoms with Crippen LogP contribution >= 0.6 is 0 Å². The Kier molecular flexibility index (Phi) is 3.96. The SMILES string of the molecule is COC(=O)N1c2ccccc2C(Nc2cccnc2)CC1C. The molecule has 0 radical (unpaired) electrons. The molecular formula is C17H19N3O2. The minimum absolute atomic E-state index is 0.0523. The van der Waals surface area contributed by atoms with E-state index < -0.39 is 0 Å². The molecule has 0 spiro atoms. The number of nitrogens with zero attached hydrogens (tertiary/aromatic N) is 2. The molecule has 114 valence electrons. The van der Waals surface area contributed by atoms with Crippen molar-refractivity contribution in [3.63, 3.8) is 0 Å². The van der Waals surface area contributed by atoms with Gasteiger partial charge in [-0.2, -0.15) is 0 Å². The second-order valence-corrected chi connectivity index (χ2v) is 5.42. The number of carbonyl (C=O) groups excluding carboxylic acids is 1. The zero-order chi connectivity index (χ0) is 15.5. The lowest BCUT2D eigenvalue weighted by atomic mass is 9.92. The molecule has 1 N–H and O–H groups in total. The molecular weight excluding hydrogens is 278 g/mol. The fourth-order valence-corrected chi connectivity index (χ4v) is 2.98. The summed E-state index contributed by atoms with van der Waals surface area (Å²) >= 11 is 0. The monoisotopic (exact) mass is 297 g/mol. The predicted molar refractivity (Wildman–Crippen MR) is 86.0 cm³/mol. The number of carbonyl (C=O) groups is 1. The van der Waals surface area contributed by atoms with Crippen LogP contribution in [0.2, 0.25) is 0 Å². The topological polar surface area (TPSA) is 54.5 Å². The maximum Gasteiger partial charge on any atom is 0.414 e. The summed E-state index contributed by atoms with van der Waals surface area (Å²) in [5.74, 6) is 0. The van der Waals surface area contributed by atoms with Crippen LogP contribution in [0.5, 0.6) is 0 Å². The number of aromatic nitrogens is 1. The smallest absolute Gasteiger partial charge is 0.414 e. The molecule has 0 aliphatic carbocycles. The van der Waals surface area contributed by atoms with Gasteiger partial charge in [-0.3, -0.25) is 9.88 Å². The Morgan fingerprint density at radius 1 is 1.32 bits per heavy atom. The van der Waals surface area contributed by atoms with Crippen LogP contribution in [0.4, 0.5) is 16.2 Å². The number of pyridine rings is 1. The molecule has 1 amide bonds. The summed E-state index contributed by atoms with van der Waals surface area (Å²) in [6, 6.07) is 12.0. The molecule has 0 saturated carbocycles. The Morgan fingerprint density at radius 3 is 2.86 bits per heavy atom. The van der Waals surface area contributed by atoms with Crippen molar-refractivity contribution < 1.29 is 9.53 Å². The van der Waals surface area contributed by atoms with Crippen molar-refractivity contribution in [3.05, 3.63) is 54.4 Å². The molecule has 1 aromatic carbocycles. The van der Waals surface area contributed by atoms with Crippen molar-refractivity contribution in [3.8, 4) is 0 Å². The number of rotatable bonds is 2. The molecule has 5 heteroatoms. The van der Waals surface area contributed by atoms with E-state index in [1.165, 1.54) is 7.11 Å². The standard InChI is InChI=1S/C17H19N3O2/c1-12-10-15(19-13-6-5-9-18-11-13)14-7-3-4-8-16(14)20(12)17(21)22-2/h3-9,11-12,15,19H,10H2,1-2H3. The van der Waals surface area contributed by atoms with Crippen LogP contribution in [0.1, 0.15) is 24.9 Å². The third kappa shape index (κ3) is 2.62. The number of hydrogen-bond acceptors (Lipinski definition) is 4. The lowest BCUT2D eigenvalue weighted by Crippen LogP contribution is -2.44. The first kappa shape index (κ1) is 14.4. The van der Waals surface area contributed by atoms with E-state index in [0.29, 0.717) is 0 Å². The molecule has 5 nitrogen and oxygen atoms in total. The first-order chi connectivity index (χ1) is 10.7. The molecule has 2 aromatic rings. The minimum Gasteiger partial charge on any atom is -0.452 e. The van der Waals surface area contributed by atoms with E-state index in [4.69, 9.17) is 4.74 Å². The van der Waals surface area contributed by atoms with Gasteiger partial charge in [0.2, 0.25) is 0 Å². The Balaban J connectivity index is 1.95. The van der Waals surface area contributed by atoms with Crippen LogP contribution in [-0.4, -0.2) is 24.2 Å². The van der Waals surface area contributed by atoms with Crippen LogP contribution in [0.25, 0.3) is 0 Å². The number of benzene rings is 1. The number of para-hydroxylation sites is 1. The molecule has 0 fully saturated rings. The van der Waals surface area contributed by atoms with E-state index in [2.05, 4.69) is 10.3 Å². The highest BCUT2D eigenvalue weighted by Crippen LogP contribution is 2.38. The van der Waals surface area contributed by atoms with Crippen LogP contribution < -0.4 is 10.2 Å². The molecule has 3 rings (SSSR count). The molecule has 2 heterocycles. The van der Waals surface area contributed by atoms with E-state index in [1.54, 1.807) is 17.3 Å². The molecule has 2 atom stereocenters. The number of fused-ring (bicyclic) bond motifs is 1. The average Bonchev–Trinajstić information content (AvgIpc) is 2.55. The molecule has 22 heavy (non-hydrogen) atoms. The summed E-state index contributed by atoms with van der Waals surface area (Å²) in [5.41, 5.74) is 2.96. The third-order valence-electron chi connectivity index (χ3n) is 3.96. The largest absolute Gasteiger partial charge is 0.452 e. The fourth-order valence-electron chi connectivity index (χ4n) is 2.98. The number of ether oxygens (including phenoxy) is 1. The van der Waals surface area contributed by atoms with Crippen molar-refractivity contribution in [2.45, 2.75) is 25.4 Å². The lowest BCUT2D eigenvalue weighted by molar-refractivity contribution is 0.175. The van der Waals surface area contributed by atoms with Crippen molar-refractivity contribution in [1.82, 2.24) is 4.98 Å². The first-order valence-corrected chi connectivity index (χ1v) is 7.33. The van der Waals surface area contributed by atoms with E-state index in [1.807, 2.05) is 43.3 Å². The van der Waals surface area contributed by atoms with Gasteiger partial charge in [0.1, 0.15) is 0 Å². The summed E-state index contributed by atoms with van der Waals surface area (Å²) in [5, 5.41) is 3.50. The maximum atomic E-state index is 12.1. The molecule has 2 unspecified atom stereocenters. The van der Waals surface area contributed by atoms with Gasteiger partial charge in [-0.1, -0.05) is 18.2 Å². The average molecular weight is 297 g/mol. The Hall–Kier alpha value is -2.56. The Bertz CT molecular complexity index is 660. The molecule has 1 aliphatic rings. The van der Waals surface area contributed by atoms with Crippen molar-refractivity contribution >= 4 is 17.5 Å². The molecule has 1 aromatic heterocycles. The highest BCUT2D eigenvalue weighted by molar-refractivity contribution is 5.90. The van der Waals surface area contributed by atoms with Gasteiger partial charge >= 0.3 is 6.09 Å². The van der Waals surface area contributed by atoms with E-state index in [9.17, 15) is 4.79 Å². The number of amides is 1. The predicted octanol–water partition coefficient (Wildman–Crippen LogP) is 3.60. The lowest BCUT2D eigenvalue weighted by Gasteiger charge is -2.38. The Morgan fingerprint density at radius 2 is 2.14 bits per heavy atom. The van der Waals surface area contributed by atoms with Crippen LogP contribution in [0.15, 0.2) is 48.8 Å². The van der Waals surface area contributed by atoms with Crippen LogP contribution in [-0.2, 0) is 4.74 Å². The Labute approximate surface area is 129 Å². The second-order valence-electron chi connectivity index (χ2n) is 5.42. The zero-order valence-corrected chi connectivity index (χ0v) is 12.7. The minimum atomic E-state index is -0.320. The summed E-state index contributed by atoms with van der Waals surface area (Å²) in [6.45, 7) is 2.03. The number of hydrogen-bond donors (Lipinski definition) is 1. The molecule has 0 bridgehead atoms. The molecule has 1 aliphatic heterocycles.